The van der Waals surface area contributed by atoms with Crippen molar-refractivity contribution in [2.75, 3.05) is 29.9 Å². The van der Waals surface area contributed by atoms with Crippen LogP contribution in [-0.2, 0) is 6.42 Å². The zero-order chi connectivity index (χ0) is 21.5. The number of anilines is 2. The highest BCUT2D eigenvalue weighted by atomic mass is 19.1. The van der Waals surface area contributed by atoms with Crippen LogP contribution in [-0.4, -0.2) is 56.4 Å². The van der Waals surface area contributed by atoms with E-state index in [4.69, 9.17) is 4.98 Å². The number of aliphatic hydroxyl groups is 1. The van der Waals surface area contributed by atoms with Gasteiger partial charge in [0, 0.05) is 12.7 Å². The molecule has 2 amide bonds. The fourth-order valence-electron chi connectivity index (χ4n) is 4.49. The molecule has 2 fully saturated rings. The highest BCUT2D eigenvalue weighted by molar-refractivity contribution is 5.93. The Kier molecular flexibility index (Phi) is 4.97. The van der Waals surface area contributed by atoms with Crippen molar-refractivity contribution in [2.24, 2.45) is 0 Å². The van der Waals surface area contributed by atoms with Crippen LogP contribution in [0.2, 0.25) is 0 Å². The van der Waals surface area contributed by atoms with Crippen LogP contribution in [0.5, 0.6) is 0 Å². The van der Waals surface area contributed by atoms with E-state index in [-0.39, 0.29) is 17.9 Å². The number of carbonyl (C=O) groups is 1. The van der Waals surface area contributed by atoms with Crippen molar-refractivity contribution in [1.29, 1.82) is 0 Å². The molecule has 0 saturated carbocycles. The third kappa shape index (κ3) is 3.59. The first kappa shape index (κ1) is 19.7. The van der Waals surface area contributed by atoms with Crippen LogP contribution in [0, 0.1) is 5.82 Å². The first-order valence-corrected chi connectivity index (χ1v) is 10.7. The van der Waals surface area contributed by atoms with Gasteiger partial charge in [-0.2, -0.15) is 5.10 Å². The lowest BCUT2D eigenvalue weighted by Crippen LogP contribution is -2.54. The summed E-state index contributed by atoms with van der Waals surface area (Å²) < 4.78 is 15.6. The number of fused-ring (bicyclic) bond motifs is 1. The molecule has 2 aliphatic heterocycles. The SMILES string of the molecule is CCc1ccc(F)cc1[C@H]1CCCN1c1ccn2ncc(NC(=O)N3CC(O)C3)c2n1. The van der Waals surface area contributed by atoms with E-state index in [1.54, 1.807) is 16.8 Å². The van der Waals surface area contributed by atoms with Crippen molar-refractivity contribution in [3.05, 3.63) is 53.6 Å². The summed E-state index contributed by atoms with van der Waals surface area (Å²) in [7, 11) is 0. The third-order valence-corrected chi connectivity index (χ3v) is 6.14. The summed E-state index contributed by atoms with van der Waals surface area (Å²) in [5.41, 5.74) is 3.23. The summed E-state index contributed by atoms with van der Waals surface area (Å²) in [6, 6.07) is 6.72. The number of hydrogen-bond acceptors (Lipinski definition) is 5. The number of likely N-dealkylation sites (tertiary alicyclic amines) is 1. The normalized spacial score (nSPS) is 19.1. The molecule has 0 aliphatic carbocycles. The molecule has 9 heteroatoms. The van der Waals surface area contributed by atoms with Gasteiger partial charge in [0.1, 0.15) is 17.3 Å². The summed E-state index contributed by atoms with van der Waals surface area (Å²) in [5.74, 6) is 0.552. The van der Waals surface area contributed by atoms with Gasteiger partial charge in [0.15, 0.2) is 5.65 Å². The number of hydrogen-bond donors (Lipinski definition) is 2. The first-order chi connectivity index (χ1) is 15.0. The minimum Gasteiger partial charge on any atom is -0.389 e. The molecule has 5 rings (SSSR count). The van der Waals surface area contributed by atoms with Crippen LogP contribution in [0.4, 0.5) is 20.7 Å². The fraction of sp³-hybridized carbons (Fsp3) is 0.409. The van der Waals surface area contributed by atoms with E-state index in [9.17, 15) is 14.3 Å². The van der Waals surface area contributed by atoms with E-state index >= 15 is 0 Å². The molecular formula is C22H25FN6O2. The average Bonchev–Trinajstić information content (AvgIpc) is 3.38. The van der Waals surface area contributed by atoms with E-state index in [0.29, 0.717) is 24.4 Å². The summed E-state index contributed by atoms with van der Waals surface area (Å²) in [5, 5.41) is 16.5. The zero-order valence-corrected chi connectivity index (χ0v) is 17.3. The maximum Gasteiger partial charge on any atom is 0.322 e. The minimum atomic E-state index is -0.456. The lowest BCUT2D eigenvalue weighted by atomic mass is 9.96. The number of aliphatic hydroxyl groups excluding tert-OH is 1. The molecule has 0 bridgehead atoms. The summed E-state index contributed by atoms with van der Waals surface area (Å²) in [6.07, 6.45) is 5.71. The Morgan fingerprint density at radius 3 is 2.94 bits per heavy atom. The van der Waals surface area contributed by atoms with Gasteiger partial charge in [-0.15, -0.1) is 0 Å². The Morgan fingerprint density at radius 2 is 2.16 bits per heavy atom. The van der Waals surface area contributed by atoms with E-state index in [1.807, 2.05) is 18.3 Å². The topological polar surface area (TPSA) is 86.0 Å². The van der Waals surface area contributed by atoms with Crippen LogP contribution in [0.3, 0.4) is 0 Å². The summed E-state index contributed by atoms with van der Waals surface area (Å²) in [4.78, 5) is 20.9. The number of rotatable bonds is 4. The molecule has 0 radical (unpaired) electrons. The molecule has 0 spiro atoms. The summed E-state index contributed by atoms with van der Waals surface area (Å²) >= 11 is 0. The molecule has 8 nitrogen and oxygen atoms in total. The third-order valence-electron chi connectivity index (χ3n) is 6.14. The van der Waals surface area contributed by atoms with Gasteiger partial charge in [-0.1, -0.05) is 13.0 Å². The number of carbonyl (C=O) groups excluding carboxylic acids is 1. The lowest BCUT2D eigenvalue weighted by molar-refractivity contribution is 0.0309. The second kappa shape index (κ2) is 7.81. The Balaban J connectivity index is 1.44. The maximum atomic E-state index is 14.0. The number of urea groups is 1. The largest absolute Gasteiger partial charge is 0.389 e. The van der Waals surface area contributed by atoms with Crippen LogP contribution in [0.25, 0.3) is 5.65 Å². The highest BCUT2D eigenvalue weighted by Crippen LogP contribution is 2.37. The number of benzene rings is 1. The monoisotopic (exact) mass is 424 g/mol. The second-order valence-corrected chi connectivity index (χ2v) is 8.15. The molecule has 2 N–H and O–H groups in total. The number of nitrogens with zero attached hydrogens (tertiary/aromatic N) is 5. The number of halogens is 1. The molecule has 3 aromatic rings. The Morgan fingerprint density at radius 1 is 1.32 bits per heavy atom. The number of nitrogens with one attached hydrogen (secondary N) is 1. The minimum absolute atomic E-state index is 0.0594. The van der Waals surface area contributed by atoms with Gasteiger partial charge >= 0.3 is 6.03 Å². The Bertz CT molecular complexity index is 1130. The van der Waals surface area contributed by atoms with E-state index in [2.05, 4.69) is 22.2 Å². The Hall–Kier alpha value is -3.20. The van der Waals surface area contributed by atoms with Crippen LogP contribution >= 0.6 is 0 Å². The van der Waals surface area contributed by atoms with Crippen molar-refractivity contribution in [1.82, 2.24) is 19.5 Å². The molecule has 1 aromatic carbocycles. The van der Waals surface area contributed by atoms with Crippen LogP contribution < -0.4 is 10.2 Å². The van der Waals surface area contributed by atoms with Gasteiger partial charge in [-0.3, -0.25) is 0 Å². The van der Waals surface area contributed by atoms with Gasteiger partial charge in [0.05, 0.1) is 31.4 Å². The van der Waals surface area contributed by atoms with E-state index < -0.39 is 6.10 Å². The van der Waals surface area contributed by atoms with E-state index in [1.165, 1.54) is 11.0 Å². The van der Waals surface area contributed by atoms with Gasteiger partial charge in [-0.25, -0.2) is 18.7 Å². The molecule has 162 valence electrons. The number of aromatic nitrogens is 3. The van der Waals surface area contributed by atoms with Crippen molar-refractivity contribution in [2.45, 2.75) is 38.3 Å². The van der Waals surface area contributed by atoms with Crippen molar-refractivity contribution >= 4 is 23.2 Å². The van der Waals surface area contributed by atoms with Crippen molar-refractivity contribution in [3.8, 4) is 0 Å². The predicted molar refractivity (Wildman–Crippen MR) is 115 cm³/mol. The second-order valence-electron chi connectivity index (χ2n) is 8.15. The van der Waals surface area contributed by atoms with Crippen LogP contribution in [0.1, 0.15) is 36.9 Å². The van der Waals surface area contributed by atoms with E-state index in [0.717, 1.165) is 42.8 Å². The molecular weight excluding hydrogens is 399 g/mol. The standard InChI is InChI=1S/C22H25FN6O2/c1-2-14-5-6-15(23)10-17(14)19-4-3-8-28(19)20-7-9-29-21(26-20)18(11-24-29)25-22(31)27-12-16(30)13-27/h5-7,9-11,16,19,30H,2-4,8,12-13H2,1H3,(H,25,31)/t19-/m1/s1. The van der Waals surface area contributed by atoms with Gasteiger partial charge in [0.2, 0.25) is 0 Å². The number of amides is 2. The quantitative estimate of drug-likeness (QED) is 0.673. The molecule has 0 unspecified atom stereocenters. The van der Waals surface area contributed by atoms with Gasteiger partial charge < -0.3 is 20.2 Å². The van der Waals surface area contributed by atoms with Crippen LogP contribution in [0.15, 0.2) is 36.7 Å². The maximum absolute atomic E-state index is 14.0. The number of aryl methyl sites for hydroxylation is 1. The zero-order valence-electron chi connectivity index (χ0n) is 17.3. The molecule has 2 saturated heterocycles. The molecule has 1 atom stereocenters. The Labute approximate surface area is 179 Å². The predicted octanol–water partition coefficient (Wildman–Crippen LogP) is 2.98. The first-order valence-electron chi connectivity index (χ1n) is 10.7. The average molecular weight is 424 g/mol. The fourth-order valence-corrected chi connectivity index (χ4v) is 4.49. The molecule has 31 heavy (non-hydrogen) atoms. The smallest absolute Gasteiger partial charge is 0.322 e. The van der Waals surface area contributed by atoms with Crippen molar-refractivity contribution in [3.63, 3.8) is 0 Å². The summed E-state index contributed by atoms with van der Waals surface area (Å²) in [6.45, 7) is 3.56. The molecule has 2 aliphatic rings. The number of β-amino-alcohol motifs (C(OH)–C–C–N with tert-alkyl or cyclic N) is 1. The van der Waals surface area contributed by atoms with Gasteiger partial charge in [-0.05, 0) is 48.6 Å². The van der Waals surface area contributed by atoms with Gasteiger partial charge in [0.25, 0.3) is 0 Å². The van der Waals surface area contributed by atoms with Crippen molar-refractivity contribution < 1.29 is 14.3 Å². The highest BCUT2D eigenvalue weighted by Gasteiger charge is 2.31. The molecule has 4 heterocycles. The lowest BCUT2D eigenvalue weighted by Gasteiger charge is -2.35. The molecule has 2 aromatic heterocycles.